The minimum atomic E-state index is -5.32. The van der Waals surface area contributed by atoms with Crippen molar-refractivity contribution in [1.29, 1.82) is 0 Å². The molecule has 0 rings (SSSR count). The third-order valence-electron chi connectivity index (χ3n) is 4.19. The fourth-order valence-corrected chi connectivity index (χ4v) is 7.58. The molecule has 0 aromatic carbocycles. The lowest BCUT2D eigenvalue weighted by molar-refractivity contribution is -0.118. The van der Waals surface area contributed by atoms with E-state index in [-0.39, 0.29) is 18.9 Å². The van der Waals surface area contributed by atoms with Gasteiger partial charge < -0.3 is 29.3 Å². The minimum absolute atomic E-state index is 0.0257. The molecule has 0 aliphatic carbocycles. The van der Waals surface area contributed by atoms with Gasteiger partial charge >= 0.3 is 15.2 Å². The largest absolute Gasteiger partial charge is 0.392 e. The number of carbonyl (C=O) groups excluding carboxylic acids is 1. The average molecular weight is 405 g/mol. The van der Waals surface area contributed by atoms with Crippen LogP contribution in [-0.4, -0.2) is 45.4 Å². The number of hydrogen-bond donors (Lipinski definition) is 5. The Morgan fingerprint density at radius 1 is 1.08 bits per heavy atom. The summed E-state index contributed by atoms with van der Waals surface area (Å²) in [5, 5.41) is -0.990. The van der Waals surface area contributed by atoms with Crippen LogP contribution in [0.4, 0.5) is 0 Å². The Labute approximate surface area is 143 Å². The van der Waals surface area contributed by atoms with Gasteiger partial charge in [0, 0.05) is 19.9 Å². The molecule has 144 valence electrons. The second kappa shape index (κ2) is 7.68. The lowest BCUT2D eigenvalue weighted by Crippen LogP contribution is -2.49. The summed E-state index contributed by atoms with van der Waals surface area (Å²) in [6, 6.07) is 0. The predicted molar refractivity (Wildman–Crippen MR) is 93.0 cm³/mol. The van der Waals surface area contributed by atoms with Crippen LogP contribution in [0.5, 0.6) is 0 Å². The van der Waals surface area contributed by atoms with E-state index in [2.05, 4.69) is 5.32 Å². The van der Waals surface area contributed by atoms with Gasteiger partial charge in [0.1, 0.15) is 0 Å². The maximum Gasteiger partial charge on any atom is 0.368 e. The van der Waals surface area contributed by atoms with Crippen molar-refractivity contribution in [2.45, 2.75) is 63.8 Å². The van der Waals surface area contributed by atoms with Gasteiger partial charge in [-0.3, -0.25) is 13.9 Å². The Morgan fingerprint density at radius 3 is 1.79 bits per heavy atom. The van der Waals surface area contributed by atoms with Gasteiger partial charge in [-0.2, -0.15) is 0 Å². The Kier molecular flexibility index (Phi) is 7.66. The smallest absolute Gasteiger partial charge is 0.368 e. The molecule has 0 aromatic rings. The Balaban J connectivity index is 5.86. The van der Waals surface area contributed by atoms with E-state index in [0.29, 0.717) is 0 Å². The van der Waals surface area contributed by atoms with Crippen molar-refractivity contribution in [3.05, 3.63) is 0 Å². The summed E-state index contributed by atoms with van der Waals surface area (Å²) in [7, 11) is -13.6. The van der Waals surface area contributed by atoms with Crippen LogP contribution >= 0.6 is 15.2 Å². The number of hydrogen-bond acceptors (Lipinski definition) is 4. The number of rotatable bonds is 8. The molecule has 5 N–H and O–H groups in total. The average Bonchev–Trinajstić information content (AvgIpc) is 2.27. The van der Waals surface area contributed by atoms with Crippen molar-refractivity contribution in [1.82, 2.24) is 5.32 Å². The molecule has 0 aliphatic heterocycles. The molecule has 0 aliphatic rings. The van der Waals surface area contributed by atoms with Crippen LogP contribution in [0.1, 0.15) is 40.5 Å². The lowest BCUT2D eigenvalue weighted by Gasteiger charge is -2.45. The van der Waals surface area contributed by atoms with E-state index < -0.39 is 40.1 Å². The molecule has 12 heteroatoms. The molecular formula is C12H29NO8P2Si. The standard InChI is InChI=1S/C12H29NO8P2Si/c1-10(14)13-9-7-8-12(22(15,16)17,23(18,19)20)21-24(5,6)11(2,3)4/h7-9H2,1-6H3,(H,13,14)(H2,15,16,17)(H2,18,19,20). The third kappa shape index (κ3) is 5.74. The van der Waals surface area contributed by atoms with Gasteiger partial charge in [-0.25, -0.2) is 0 Å². The highest BCUT2D eigenvalue weighted by Crippen LogP contribution is 2.72. The van der Waals surface area contributed by atoms with E-state index >= 15 is 0 Å². The van der Waals surface area contributed by atoms with Crippen molar-refractivity contribution < 1.29 is 37.9 Å². The fourth-order valence-electron chi connectivity index (χ4n) is 1.78. The van der Waals surface area contributed by atoms with Crippen LogP contribution in [-0.2, 0) is 18.4 Å². The van der Waals surface area contributed by atoms with Crippen molar-refractivity contribution in [2.24, 2.45) is 0 Å². The Bertz CT molecular complexity index is 526. The molecule has 1 amide bonds. The Morgan fingerprint density at radius 2 is 1.50 bits per heavy atom. The summed E-state index contributed by atoms with van der Waals surface area (Å²) in [6.07, 6.45) is -0.626. The third-order valence-corrected chi connectivity index (χ3v) is 13.0. The van der Waals surface area contributed by atoms with Crippen LogP contribution in [0, 0.1) is 0 Å². The van der Waals surface area contributed by atoms with Crippen LogP contribution in [0.15, 0.2) is 0 Å². The summed E-state index contributed by atoms with van der Waals surface area (Å²) in [5.74, 6) is -0.349. The van der Waals surface area contributed by atoms with E-state index in [1.165, 1.54) is 6.92 Å². The monoisotopic (exact) mass is 405 g/mol. The highest BCUT2D eigenvalue weighted by Gasteiger charge is 2.64. The molecule has 0 spiro atoms. The molecule has 24 heavy (non-hydrogen) atoms. The first-order valence-electron chi connectivity index (χ1n) is 7.43. The molecule has 0 heterocycles. The normalized spacial score (nSPS) is 14.6. The summed E-state index contributed by atoms with van der Waals surface area (Å²) in [4.78, 5) is 49.8. The summed E-state index contributed by atoms with van der Waals surface area (Å²) >= 11 is 0. The fraction of sp³-hybridized carbons (Fsp3) is 0.917. The van der Waals surface area contributed by atoms with Crippen LogP contribution in [0.2, 0.25) is 18.1 Å². The zero-order valence-electron chi connectivity index (χ0n) is 14.9. The topological polar surface area (TPSA) is 153 Å². The molecule has 0 unspecified atom stereocenters. The van der Waals surface area contributed by atoms with Gasteiger partial charge in [-0.1, -0.05) is 20.8 Å². The van der Waals surface area contributed by atoms with Gasteiger partial charge in [0.05, 0.1) is 0 Å². The maximum absolute atomic E-state index is 12.0. The molecular weight excluding hydrogens is 376 g/mol. The van der Waals surface area contributed by atoms with E-state index in [1.54, 1.807) is 33.9 Å². The first-order chi connectivity index (χ1) is 10.4. The molecule has 0 fully saturated rings. The van der Waals surface area contributed by atoms with Gasteiger partial charge in [0.15, 0.2) is 8.32 Å². The van der Waals surface area contributed by atoms with Gasteiger partial charge in [-0.15, -0.1) is 0 Å². The van der Waals surface area contributed by atoms with Gasteiger partial charge in [-0.05, 0) is 24.6 Å². The zero-order valence-corrected chi connectivity index (χ0v) is 17.7. The summed E-state index contributed by atoms with van der Waals surface area (Å²) < 4.78 is 29.7. The van der Waals surface area contributed by atoms with E-state index in [0.717, 1.165) is 0 Å². The molecule has 0 aromatic heterocycles. The first kappa shape index (κ1) is 23.9. The second-order valence-electron chi connectivity index (χ2n) is 7.28. The van der Waals surface area contributed by atoms with Crippen LogP contribution in [0.25, 0.3) is 0 Å². The lowest BCUT2D eigenvalue weighted by atomic mass is 10.2. The minimum Gasteiger partial charge on any atom is -0.392 e. The maximum atomic E-state index is 12.0. The summed E-state index contributed by atoms with van der Waals surface area (Å²) in [6.45, 7) is 9.98. The van der Waals surface area contributed by atoms with Crippen LogP contribution in [0.3, 0.4) is 0 Å². The van der Waals surface area contributed by atoms with Crippen molar-refractivity contribution in [3.63, 3.8) is 0 Å². The molecule has 0 bridgehead atoms. The van der Waals surface area contributed by atoms with Gasteiger partial charge in [0.25, 0.3) is 5.08 Å². The molecule has 0 saturated carbocycles. The van der Waals surface area contributed by atoms with Crippen LogP contribution < -0.4 is 5.32 Å². The zero-order chi connectivity index (χ0) is 19.6. The summed E-state index contributed by atoms with van der Waals surface area (Å²) in [5.41, 5.74) is 0. The van der Waals surface area contributed by atoms with Crippen molar-refractivity contribution >= 4 is 29.4 Å². The number of nitrogens with one attached hydrogen (secondary N) is 1. The quantitative estimate of drug-likeness (QED) is 0.233. The van der Waals surface area contributed by atoms with Crippen molar-refractivity contribution in [3.8, 4) is 0 Å². The second-order valence-corrected chi connectivity index (χ2v) is 16.0. The van der Waals surface area contributed by atoms with E-state index in [9.17, 15) is 33.5 Å². The predicted octanol–water partition coefficient (Wildman–Crippen LogP) is 1.93. The van der Waals surface area contributed by atoms with Gasteiger partial charge in [0.2, 0.25) is 5.91 Å². The van der Waals surface area contributed by atoms with E-state index in [1.807, 2.05) is 0 Å². The first-order valence-corrected chi connectivity index (χ1v) is 13.6. The molecule has 9 nitrogen and oxygen atoms in total. The molecule has 0 atom stereocenters. The molecule has 0 saturated heterocycles. The van der Waals surface area contributed by atoms with Crippen molar-refractivity contribution in [2.75, 3.05) is 6.54 Å². The molecule has 0 radical (unpaired) electrons. The SMILES string of the molecule is CC(=O)NCCCC(O[Si](C)(C)C(C)(C)C)(P(=O)(O)O)P(=O)(O)O. The highest BCUT2D eigenvalue weighted by molar-refractivity contribution is 7.72. The Hall–Kier alpha value is -0.0531. The number of carbonyl (C=O) groups is 1. The highest BCUT2D eigenvalue weighted by atomic mass is 31.2. The number of amides is 1. The van der Waals surface area contributed by atoms with E-state index in [4.69, 9.17) is 4.43 Å².